The molecule has 2 rings (SSSR count). The number of nitrogens with one attached hydrogen (secondary N) is 1. The van der Waals surface area contributed by atoms with Crippen LogP contribution in [0.5, 0.6) is 5.75 Å². The molecule has 6 heteroatoms. The van der Waals surface area contributed by atoms with E-state index >= 15 is 0 Å². The van der Waals surface area contributed by atoms with Gasteiger partial charge in [0.05, 0.1) is 25.0 Å². The molecule has 0 saturated heterocycles. The summed E-state index contributed by atoms with van der Waals surface area (Å²) in [6.45, 7) is 2.01. The second kappa shape index (κ2) is 5.64. The van der Waals surface area contributed by atoms with Crippen molar-refractivity contribution in [3.63, 3.8) is 0 Å². The van der Waals surface area contributed by atoms with Crippen molar-refractivity contribution in [1.29, 1.82) is 0 Å². The fourth-order valence-corrected chi connectivity index (χ4v) is 1.95. The van der Waals surface area contributed by atoms with E-state index in [2.05, 4.69) is 10.4 Å². The first-order valence-electron chi connectivity index (χ1n) is 6.24. The summed E-state index contributed by atoms with van der Waals surface area (Å²) in [6.07, 6.45) is 3.73. The minimum absolute atomic E-state index is 0.0285. The molecule has 1 atom stereocenters. The molecule has 0 aliphatic carbocycles. The maximum Gasteiger partial charge on any atom is 0.248 e. The molecule has 106 valence electrons. The molecule has 0 bridgehead atoms. The summed E-state index contributed by atoms with van der Waals surface area (Å²) < 4.78 is 7.03. The van der Waals surface area contributed by atoms with Crippen molar-refractivity contribution in [2.24, 2.45) is 12.8 Å². The lowest BCUT2D eigenvalue weighted by atomic mass is 10.1. The lowest BCUT2D eigenvalue weighted by Gasteiger charge is -2.17. The van der Waals surface area contributed by atoms with Gasteiger partial charge in [-0.05, 0) is 25.1 Å². The first-order chi connectivity index (χ1) is 9.51. The van der Waals surface area contributed by atoms with Crippen LogP contribution in [0.1, 0.15) is 28.9 Å². The average molecular weight is 274 g/mol. The Morgan fingerprint density at radius 1 is 1.50 bits per heavy atom. The van der Waals surface area contributed by atoms with Gasteiger partial charge in [0, 0.05) is 24.4 Å². The van der Waals surface area contributed by atoms with Crippen molar-refractivity contribution >= 4 is 11.6 Å². The Kier molecular flexibility index (Phi) is 3.93. The number of amides is 1. The summed E-state index contributed by atoms with van der Waals surface area (Å²) in [5, 5.41) is 7.44. The molecule has 20 heavy (non-hydrogen) atoms. The first-order valence-corrected chi connectivity index (χ1v) is 6.24. The minimum Gasteiger partial charge on any atom is -0.495 e. The van der Waals surface area contributed by atoms with Crippen LogP contribution in [-0.4, -0.2) is 22.8 Å². The van der Waals surface area contributed by atoms with Gasteiger partial charge in [-0.25, -0.2) is 0 Å². The molecule has 1 aromatic heterocycles. The number of hydrogen-bond acceptors (Lipinski definition) is 4. The van der Waals surface area contributed by atoms with Gasteiger partial charge in [-0.3, -0.25) is 9.48 Å². The van der Waals surface area contributed by atoms with Crippen LogP contribution in [0, 0.1) is 0 Å². The quantitative estimate of drug-likeness (QED) is 0.869. The standard InChI is InChI=1S/C14H18N4O2/c1-9(11-7-16-18(2)8-11)17-12-6-10(14(15)19)4-5-13(12)20-3/h4-9,17H,1-3H3,(H2,15,19). The maximum atomic E-state index is 11.3. The van der Waals surface area contributed by atoms with Gasteiger partial charge >= 0.3 is 0 Å². The highest BCUT2D eigenvalue weighted by Crippen LogP contribution is 2.29. The van der Waals surface area contributed by atoms with Gasteiger partial charge in [0.25, 0.3) is 0 Å². The Hall–Kier alpha value is -2.50. The van der Waals surface area contributed by atoms with Gasteiger partial charge in [0.2, 0.25) is 5.91 Å². The van der Waals surface area contributed by atoms with Gasteiger partial charge < -0.3 is 15.8 Å². The number of rotatable bonds is 5. The van der Waals surface area contributed by atoms with Gasteiger partial charge in [-0.2, -0.15) is 5.10 Å². The van der Waals surface area contributed by atoms with Crippen LogP contribution in [0.4, 0.5) is 5.69 Å². The maximum absolute atomic E-state index is 11.3. The van der Waals surface area contributed by atoms with Crippen molar-refractivity contribution in [3.8, 4) is 5.75 Å². The fourth-order valence-electron chi connectivity index (χ4n) is 1.95. The number of carbonyl (C=O) groups excluding carboxylic acids is 1. The Morgan fingerprint density at radius 3 is 2.80 bits per heavy atom. The van der Waals surface area contributed by atoms with Crippen LogP contribution in [-0.2, 0) is 7.05 Å². The lowest BCUT2D eigenvalue weighted by Crippen LogP contribution is -2.13. The molecule has 1 heterocycles. The average Bonchev–Trinajstić information content (AvgIpc) is 2.85. The number of benzene rings is 1. The van der Waals surface area contributed by atoms with E-state index in [0.717, 1.165) is 11.3 Å². The van der Waals surface area contributed by atoms with Crippen molar-refractivity contribution in [2.45, 2.75) is 13.0 Å². The van der Waals surface area contributed by atoms with Gasteiger partial charge in [0.1, 0.15) is 5.75 Å². The highest BCUT2D eigenvalue weighted by molar-refractivity contribution is 5.94. The topological polar surface area (TPSA) is 82.2 Å². The van der Waals surface area contributed by atoms with Gasteiger partial charge in [0.15, 0.2) is 0 Å². The van der Waals surface area contributed by atoms with Crippen LogP contribution in [0.25, 0.3) is 0 Å². The van der Waals surface area contributed by atoms with E-state index < -0.39 is 5.91 Å². The van der Waals surface area contributed by atoms with Crippen molar-refractivity contribution in [1.82, 2.24) is 9.78 Å². The molecule has 1 aromatic carbocycles. The molecule has 6 nitrogen and oxygen atoms in total. The SMILES string of the molecule is COc1ccc(C(N)=O)cc1NC(C)c1cnn(C)c1. The van der Waals surface area contributed by atoms with Crippen molar-refractivity contribution < 1.29 is 9.53 Å². The predicted molar refractivity (Wildman–Crippen MR) is 76.8 cm³/mol. The molecule has 0 saturated carbocycles. The molecular weight excluding hydrogens is 256 g/mol. The number of aryl methyl sites for hydroxylation is 1. The van der Waals surface area contributed by atoms with E-state index in [1.807, 2.05) is 20.2 Å². The van der Waals surface area contributed by atoms with Crippen LogP contribution in [0.2, 0.25) is 0 Å². The van der Waals surface area contributed by atoms with Crippen LogP contribution in [0.3, 0.4) is 0 Å². The number of ether oxygens (including phenoxy) is 1. The van der Waals surface area contributed by atoms with Gasteiger partial charge in [-0.15, -0.1) is 0 Å². The third-order valence-electron chi connectivity index (χ3n) is 3.08. The largest absolute Gasteiger partial charge is 0.495 e. The Labute approximate surface area is 117 Å². The van der Waals surface area contributed by atoms with Crippen LogP contribution < -0.4 is 15.8 Å². The van der Waals surface area contributed by atoms with E-state index in [9.17, 15) is 4.79 Å². The normalized spacial score (nSPS) is 11.9. The van der Waals surface area contributed by atoms with Crippen molar-refractivity contribution in [3.05, 3.63) is 41.7 Å². The Morgan fingerprint density at radius 2 is 2.25 bits per heavy atom. The molecule has 0 radical (unpaired) electrons. The molecule has 3 N–H and O–H groups in total. The zero-order valence-corrected chi connectivity index (χ0v) is 11.8. The zero-order chi connectivity index (χ0) is 14.7. The zero-order valence-electron chi connectivity index (χ0n) is 11.8. The number of primary amides is 1. The van der Waals surface area contributed by atoms with Crippen LogP contribution in [0.15, 0.2) is 30.6 Å². The third kappa shape index (κ3) is 2.90. The summed E-state index contributed by atoms with van der Waals surface area (Å²) in [5.74, 6) is 0.190. The number of nitrogens with two attached hydrogens (primary N) is 1. The smallest absolute Gasteiger partial charge is 0.248 e. The molecule has 0 spiro atoms. The van der Waals surface area contributed by atoms with E-state index in [-0.39, 0.29) is 6.04 Å². The summed E-state index contributed by atoms with van der Waals surface area (Å²) in [7, 11) is 3.45. The van der Waals surface area contributed by atoms with E-state index in [1.165, 1.54) is 0 Å². The monoisotopic (exact) mass is 274 g/mol. The summed E-state index contributed by atoms with van der Waals surface area (Å²) in [5.41, 5.74) is 7.50. The number of aromatic nitrogens is 2. The molecule has 0 aliphatic rings. The lowest BCUT2D eigenvalue weighted by molar-refractivity contribution is 0.100. The molecule has 1 amide bonds. The number of hydrogen-bond donors (Lipinski definition) is 2. The van der Waals surface area contributed by atoms with Gasteiger partial charge in [-0.1, -0.05) is 0 Å². The first kappa shape index (κ1) is 13.9. The molecule has 0 fully saturated rings. The highest BCUT2D eigenvalue weighted by atomic mass is 16.5. The summed E-state index contributed by atoms with van der Waals surface area (Å²) in [4.78, 5) is 11.3. The number of methoxy groups -OCH3 is 1. The van der Waals surface area contributed by atoms with Crippen LogP contribution >= 0.6 is 0 Å². The Balaban J connectivity index is 2.27. The summed E-state index contributed by atoms with van der Waals surface area (Å²) in [6, 6.07) is 5.08. The van der Waals surface area contributed by atoms with E-state index in [1.54, 1.807) is 36.2 Å². The second-order valence-corrected chi connectivity index (χ2v) is 4.59. The van der Waals surface area contributed by atoms with Crippen molar-refractivity contribution in [2.75, 3.05) is 12.4 Å². The van der Waals surface area contributed by atoms with E-state index in [4.69, 9.17) is 10.5 Å². The molecule has 2 aromatic rings. The number of carbonyl (C=O) groups is 1. The predicted octanol–water partition coefficient (Wildman–Crippen LogP) is 1.70. The summed E-state index contributed by atoms with van der Waals surface area (Å²) >= 11 is 0. The van der Waals surface area contributed by atoms with E-state index in [0.29, 0.717) is 11.3 Å². The Bertz CT molecular complexity index is 621. The fraction of sp³-hybridized carbons (Fsp3) is 0.286. The highest BCUT2D eigenvalue weighted by Gasteiger charge is 2.12. The number of nitrogens with zero attached hydrogens (tertiary/aromatic N) is 2. The molecular formula is C14H18N4O2. The number of anilines is 1. The second-order valence-electron chi connectivity index (χ2n) is 4.59. The minimum atomic E-state index is -0.468. The molecule has 1 unspecified atom stereocenters. The third-order valence-corrected chi connectivity index (χ3v) is 3.08. The molecule has 0 aliphatic heterocycles.